The normalized spacial score (nSPS) is 35.0. The van der Waals surface area contributed by atoms with E-state index in [2.05, 4.69) is 12.1 Å². The Morgan fingerprint density at radius 1 is 0.950 bits per heavy atom. The van der Waals surface area contributed by atoms with E-state index in [9.17, 15) is 0 Å². The fraction of sp³-hybridized carbons (Fsp3) is 0.857. The van der Waals surface area contributed by atoms with Crippen molar-refractivity contribution >= 4 is 0 Å². The second kappa shape index (κ2) is 7.01. The number of nitriles is 2. The maximum Gasteiger partial charge on any atom is 0.115 e. The number of ether oxygens (including phenoxy) is 4. The molecular weight excluding hydrogens is 260 g/mol. The Bertz CT molecular complexity index is 365. The van der Waals surface area contributed by atoms with Crippen LogP contribution in [0.25, 0.3) is 0 Å². The molecule has 0 radical (unpaired) electrons. The van der Waals surface area contributed by atoms with Gasteiger partial charge < -0.3 is 18.9 Å². The van der Waals surface area contributed by atoms with Crippen LogP contribution in [0.4, 0.5) is 0 Å². The molecule has 6 atom stereocenters. The first-order chi connectivity index (χ1) is 9.65. The van der Waals surface area contributed by atoms with Gasteiger partial charge in [-0.25, -0.2) is 0 Å². The second-order valence-corrected chi connectivity index (χ2v) is 5.40. The zero-order valence-electron chi connectivity index (χ0n) is 11.8. The van der Waals surface area contributed by atoms with Crippen molar-refractivity contribution in [2.24, 2.45) is 11.8 Å². The van der Waals surface area contributed by atoms with E-state index in [-0.39, 0.29) is 36.3 Å². The maximum atomic E-state index is 8.74. The van der Waals surface area contributed by atoms with Gasteiger partial charge in [-0.3, -0.25) is 0 Å². The monoisotopic (exact) mass is 280 g/mol. The first-order valence-electron chi connectivity index (χ1n) is 6.91. The molecular formula is C14H20N2O4. The number of hydrogen-bond acceptors (Lipinski definition) is 6. The third-order valence-electron chi connectivity index (χ3n) is 3.52. The Morgan fingerprint density at radius 3 is 1.70 bits per heavy atom. The average molecular weight is 280 g/mol. The molecule has 2 rings (SSSR count). The summed E-state index contributed by atoms with van der Waals surface area (Å²) in [5, 5.41) is 17.5. The van der Waals surface area contributed by atoms with Crippen LogP contribution in [0.1, 0.15) is 13.8 Å². The van der Waals surface area contributed by atoms with Crippen LogP contribution in [0.3, 0.4) is 0 Å². The Balaban J connectivity index is 1.79. The van der Waals surface area contributed by atoms with Crippen molar-refractivity contribution in [1.82, 2.24) is 0 Å². The zero-order chi connectivity index (χ0) is 14.5. The van der Waals surface area contributed by atoms with Crippen LogP contribution in [0.5, 0.6) is 0 Å². The highest BCUT2D eigenvalue weighted by atomic mass is 16.6. The number of nitrogens with zero attached hydrogens (tertiary/aromatic N) is 2. The molecule has 4 unspecified atom stereocenters. The van der Waals surface area contributed by atoms with Gasteiger partial charge in [0, 0.05) is 0 Å². The molecule has 110 valence electrons. The van der Waals surface area contributed by atoms with Gasteiger partial charge in [-0.2, -0.15) is 10.5 Å². The van der Waals surface area contributed by atoms with E-state index in [1.54, 1.807) is 0 Å². The molecule has 6 nitrogen and oxygen atoms in total. The lowest BCUT2D eigenvalue weighted by Gasteiger charge is -2.18. The summed E-state index contributed by atoms with van der Waals surface area (Å²) in [7, 11) is 0. The van der Waals surface area contributed by atoms with Crippen molar-refractivity contribution in [2.45, 2.75) is 38.3 Å². The molecule has 0 aromatic carbocycles. The van der Waals surface area contributed by atoms with Crippen LogP contribution < -0.4 is 0 Å². The van der Waals surface area contributed by atoms with Crippen molar-refractivity contribution in [3.63, 3.8) is 0 Å². The fourth-order valence-electron chi connectivity index (χ4n) is 2.33. The fourth-order valence-corrected chi connectivity index (χ4v) is 2.33. The van der Waals surface area contributed by atoms with Crippen LogP contribution in [-0.4, -0.2) is 50.8 Å². The molecule has 0 spiro atoms. The summed E-state index contributed by atoms with van der Waals surface area (Å²) >= 11 is 0. The van der Waals surface area contributed by atoms with E-state index in [0.29, 0.717) is 26.4 Å². The van der Waals surface area contributed by atoms with Gasteiger partial charge in [0.05, 0.1) is 50.4 Å². The standard InChI is InChI=1S/C14H20N2O4/c1-9(3-15)5-17-11-7-19-14-12(8-20-13(11)14)18-6-10(2)4-16/h9-14H,5-8H2,1-2H3/t9?,10?,11-,12-,13?,14?/m0/s1. The summed E-state index contributed by atoms with van der Waals surface area (Å²) in [4.78, 5) is 0. The lowest BCUT2D eigenvalue weighted by atomic mass is 10.1. The molecule has 0 aromatic rings. The van der Waals surface area contributed by atoms with Crippen molar-refractivity contribution in [1.29, 1.82) is 10.5 Å². The highest BCUT2D eigenvalue weighted by Crippen LogP contribution is 2.30. The molecule has 2 saturated heterocycles. The summed E-state index contributed by atoms with van der Waals surface area (Å²) < 4.78 is 22.8. The Labute approximate surface area is 119 Å². The number of hydrogen-bond donors (Lipinski definition) is 0. The minimum absolute atomic E-state index is 0.136. The zero-order valence-corrected chi connectivity index (χ0v) is 11.8. The third-order valence-corrected chi connectivity index (χ3v) is 3.52. The molecule has 0 aliphatic carbocycles. The maximum absolute atomic E-state index is 8.74. The van der Waals surface area contributed by atoms with Gasteiger partial charge in [-0.1, -0.05) is 0 Å². The van der Waals surface area contributed by atoms with E-state index in [1.165, 1.54) is 0 Å². The van der Waals surface area contributed by atoms with E-state index in [0.717, 1.165) is 0 Å². The molecule has 2 aliphatic heterocycles. The number of rotatable bonds is 6. The molecule has 0 N–H and O–H groups in total. The van der Waals surface area contributed by atoms with Crippen LogP contribution in [0, 0.1) is 34.5 Å². The van der Waals surface area contributed by atoms with Gasteiger partial charge in [0.15, 0.2) is 0 Å². The van der Waals surface area contributed by atoms with Crippen molar-refractivity contribution in [3.8, 4) is 12.1 Å². The topological polar surface area (TPSA) is 84.5 Å². The Kier molecular flexibility index (Phi) is 5.33. The molecule has 0 amide bonds. The van der Waals surface area contributed by atoms with Crippen molar-refractivity contribution in [3.05, 3.63) is 0 Å². The lowest BCUT2D eigenvalue weighted by Crippen LogP contribution is -2.35. The van der Waals surface area contributed by atoms with Gasteiger partial charge in [0.1, 0.15) is 24.4 Å². The minimum Gasteiger partial charge on any atom is -0.372 e. The third kappa shape index (κ3) is 3.47. The van der Waals surface area contributed by atoms with Crippen LogP contribution in [0.2, 0.25) is 0 Å². The molecule has 20 heavy (non-hydrogen) atoms. The van der Waals surface area contributed by atoms with E-state index < -0.39 is 0 Å². The van der Waals surface area contributed by atoms with E-state index in [1.807, 2.05) is 13.8 Å². The quantitative estimate of drug-likeness (QED) is 0.718. The van der Waals surface area contributed by atoms with Gasteiger partial charge in [-0.05, 0) is 13.8 Å². The van der Waals surface area contributed by atoms with Crippen LogP contribution >= 0.6 is 0 Å². The first kappa shape index (κ1) is 15.2. The van der Waals surface area contributed by atoms with Crippen molar-refractivity contribution < 1.29 is 18.9 Å². The minimum atomic E-state index is -0.141. The summed E-state index contributed by atoms with van der Waals surface area (Å²) in [5.41, 5.74) is 0. The summed E-state index contributed by atoms with van der Waals surface area (Å²) in [5.74, 6) is -0.280. The van der Waals surface area contributed by atoms with Crippen LogP contribution in [-0.2, 0) is 18.9 Å². The molecule has 2 heterocycles. The first-order valence-corrected chi connectivity index (χ1v) is 6.91. The van der Waals surface area contributed by atoms with Crippen LogP contribution in [0.15, 0.2) is 0 Å². The predicted molar refractivity (Wildman–Crippen MR) is 68.5 cm³/mol. The average Bonchev–Trinajstić information content (AvgIpc) is 3.04. The Morgan fingerprint density at radius 2 is 1.35 bits per heavy atom. The smallest absolute Gasteiger partial charge is 0.115 e. The van der Waals surface area contributed by atoms with Crippen molar-refractivity contribution in [2.75, 3.05) is 26.4 Å². The largest absolute Gasteiger partial charge is 0.372 e. The number of fused-ring (bicyclic) bond motifs is 1. The summed E-state index contributed by atoms with van der Waals surface area (Å²) in [6, 6.07) is 4.27. The SMILES string of the molecule is CC(C#N)CO[C@H]1COC2C1OC[C@@H]2OCC(C)C#N. The van der Waals surface area contributed by atoms with E-state index >= 15 is 0 Å². The molecule has 6 heteroatoms. The summed E-state index contributed by atoms with van der Waals surface area (Å²) in [6.45, 7) is 5.32. The highest BCUT2D eigenvalue weighted by Gasteiger charge is 2.49. The van der Waals surface area contributed by atoms with Gasteiger partial charge in [-0.15, -0.1) is 0 Å². The van der Waals surface area contributed by atoms with Gasteiger partial charge in [0.25, 0.3) is 0 Å². The summed E-state index contributed by atoms with van der Waals surface area (Å²) in [6.07, 6.45) is -0.554. The lowest BCUT2D eigenvalue weighted by molar-refractivity contribution is -0.0554. The second-order valence-electron chi connectivity index (χ2n) is 5.40. The van der Waals surface area contributed by atoms with Gasteiger partial charge in [0.2, 0.25) is 0 Å². The highest BCUT2D eigenvalue weighted by molar-refractivity contribution is 4.96. The molecule has 2 aliphatic rings. The molecule has 2 fully saturated rings. The van der Waals surface area contributed by atoms with Gasteiger partial charge >= 0.3 is 0 Å². The molecule has 0 aromatic heterocycles. The Hall–Kier alpha value is -1.18. The molecule has 0 saturated carbocycles. The van der Waals surface area contributed by atoms with E-state index in [4.69, 9.17) is 29.5 Å². The predicted octanol–water partition coefficient (Wildman–Crippen LogP) is 0.874. The molecule has 0 bridgehead atoms.